The minimum Gasteiger partial charge on any atom is -0.493 e. The van der Waals surface area contributed by atoms with Crippen LogP contribution in [-0.4, -0.2) is 13.1 Å². The summed E-state index contributed by atoms with van der Waals surface area (Å²) in [7, 11) is 1.44. The van der Waals surface area contributed by atoms with Crippen LogP contribution in [0.5, 0.6) is 11.5 Å². The summed E-state index contributed by atoms with van der Waals surface area (Å²) in [5.41, 5.74) is 0.800. The Morgan fingerprint density at radius 3 is 2.45 bits per heavy atom. The lowest BCUT2D eigenvalue weighted by Crippen LogP contribution is -2.09. The van der Waals surface area contributed by atoms with Crippen LogP contribution in [0.25, 0.3) is 0 Å². The van der Waals surface area contributed by atoms with Gasteiger partial charge in [0.2, 0.25) is 0 Å². The summed E-state index contributed by atoms with van der Waals surface area (Å²) in [4.78, 5) is 12.0. The van der Waals surface area contributed by atoms with Gasteiger partial charge in [0.05, 0.1) is 24.3 Å². The Balaban J connectivity index is 2.23. The van der Waals surface area contributed by atoms with Crippen molar-refractivity contribution in [3.05, 3.63) is 58.6 Å². The molecule has 0 radical (unpaired) electrons. The second-order valence-corrected chi connectivity index (χ2v) is 4.31. The predicted octanol–water partition coefficient (Wildman–Crippen LogP) is 3.44. The average Bonchev–Trinajstić information content (AvgIpc) is 2.48. The lowest BCUT2D eigenvalue weighted by atomic mass is 10.2. The van der Waals surface area contributed by atoms with E-state index in [2.05, 4.69) is 0 Å². The molecule has 0 spiro atoms. The molecule has 0 aliphatic heterocycles. The minimum atomic E-state index is -0.523. The number of hydrogen-bond donors (Lipinski definition) is 0. The van der Waals surface area contributed by atoms with Crippen molar-refractivity contribution in [2.75, 3.05) is 7.11 Å². The van der Waals surface area contributed by atoms with Gasteiger partial charge in [0.25, 0.3) is 0 Å². The van der Waals surface area contributed by atoms with Crippen molar-refractivity contribution in [3.8, 4) is 17.6 Å². The largest absolute Gasteiger partial charge is 0.493 e. The van der Waals surface area contributed by atoms with Gasteiger partial charge in [-0.15, -0.1) is 0 Å². The maximum atomic E-state index is 12.0. The van der Waals surface area contributed by atoms with E-state index in [4.69, 9.17) is 26.3 Å². The fourth-order valence-electron chi connectivity index (χ4n) is 1.57. The second kappa shape index (κ2) is 6.09. The fourth-order valence-corrected chi connectivity index (χ4v) is 1.69. The van der Waals surface area contributed by atoms with Crippen LogP contribution in [0.15, 0.2) is 42.5 Å². The molecule has 0 saturated carbocycles. The molecule has 0 fully saturated rings. The molecule has 0 amide bonds. The van der Waals surface area contributed by atoms with Gasteiger partial charge in [0.1, 0.15) is 0 Å². The molecule has 100 valence electrons. The Morgan fingerprint density at radius 1 is 1.15 bits per heavy atom. The molecule has 0 unspecified atom stereocenters. The van der Waals surface area contributed by atoms with Gasteiger partial charge in [0.15, 0.2) is 11.5 Å². The first-order valence-electron chi connectivity index (χ1n) is 5.70. The maximum absolute atomic E-state index is 12.0. The van der Waals surface area contributed by atoms with Gasteiger partial charge in [-0.25, -0.2) is 4.79 Å². The monoisotopic (exact) mass is 287 g/mol. The van der Waals surface area contributed by atoms with E-state index in [1.54, 1.807) is 30.3 Å². The molecule has 0 atom stereocenters. The molecule has 0 bridgehead atoms. The highest BCUT2D eigenvalue weighted by atomic mass is 35.5. The van der Waals surface area contributed by atoms with Crippen molar-refractivity contribution < 1.29 is 14.3 Å². The quantitative estimate of drug-likeness (QED) is 0.641. The average molecular weight is 288 g/mol. The minimum absolute atomic E-state index is 0.256. The molecule has 0 aromatic heterocycles. The van der Waals surface area contributed by atoms with Crippen molar-refractivity contribution in [2.45, 2.75) is 0 Å². The second-order valence-electron chi connectivity index (χ2n) is 3.87. The van der Waals surface area contributed by atoms with Crippen molar-refractivity contribution in [2.24, 2.45) is 0 Å². The number of hydrogen-bond acceptors (Lipinski definition) is 4. The summed E-state index contributed by atoms with van der Waals surface area (Å²) in [6.45, 7) is 0. The molecule has 0 aliphatic carbocycles. The highest BCUT2D eigenvalue weighted by Gasteiger charge is 2.12. The van der Waals surface area contributed by atoms with Crippen molar-refractivity contribution in [1.29, 1.82) is 5.26 Å². The van der Waals surface area contributed by atoms with Gasteiger partial charge < -0.3 is 9.47 Å². The molecular weight excluding hydrogens is 278 g/mol. The zero-order valence-corrected chi connectivity index (χ0v) is 11.3. The van der Waals surface area contributed by atoms with Gasteiger partial charge in [-0.3, -0.25) is 0 Å². The van der Waals surface area contributed by atoms with E-state index in [0.717, 1.165) is 0 Å². The Labute approximate surface area is 121 Å². The number of esters is 1. The van der Waals surface area contributed by atoms with E-state index < -0.39 is 5.97 Å². The van der Waals surface area contributed by atoms with E-state index in [1.165, 1.54) is 19.2 Å². The molecule has 2 aromatic rings. The third-order valence-electron chi connectivity index (χ3n) is 2.58. The molecule has 2 aromatic carbocycles. The van der Waals surface area contributed by atoms with Gasteiger partial charge in [-0.1, -0.05) is 11.6 Å². The number of nitrogens with zero attached hydrogens (tertiary/aromatic N) is 1. The molecule has 20 heavy (non-hydrogen) atoms. The first-order valence-corrected chi connectivity index (χ1v) is 6.07. The third kappa shape index (κ3) is 3.08. The predicted molar refractivity (Wildman–Crippen MR) is 74.1 cm³/mol. The van der Waals surface area contributed by atoms with Crippen molar-refractivity contribution >= 4 is 17.6 Å². The highest BCUT2D eigenvalue weighted by Crippen LogP contribution is 2.28. The molecule has 0 N–H and O–H groups in total. The topological polar surface area (TPSA) is 59.3 Å². The van der Waals surface area contributed by atoms with Crippen LogP contribution in [0.2, 0.25) is 5.02 Å². The van der Waals surface area contributed by atoms with Crippen LogP contribution in [0.1, 0.15) is 15.9 Å². The third-order valence-corrected chi connectivity index (χ3v) is 2.83. The fraction of sp³-hybridized carbons (Fsp3) is 0.0667. The van der Waals surface area contributed by atoms with Crippen molar-refractivity contribution in [1.82, 2.24) is 0 Å². The van der Waals surface area contributed by atoms with Crippen LogP contribution < -0.4 is 9.47 Å². The smallest absolute Gasteiger partial charge is 0.343 e. The zero-order valence-electron chi connectivity index (χ0n) is 10.6. The molecule has 2 rings (SSSR count). The van der Waals surface area contributed by atoms with Crippen LogP contribution in [0.4, 0.5) is 0 Å². The maximum Gasteiger partial charge on any atom is 0.343 e. The summed E-state index contributed by atoms with van der Waals surface area (Å²) in [6.07, 6.45) is 0. The Morgan fingerprint density at radius 2 is 1.85 bits per heavy atom. The Bertz CT molecular complexity index is 675. The molecule has 0 saturated heterocycles. The number of methoxy groups -OCH3 is 1. The van der Waals surface area contributed by atoms with E-state index in [1.807, 2.05) is 6.07 Å². The highest BCUT2D eigenvalue weighted by molar-refractivity contribution is 6.30. The number of benzene rings is 2. The molecule has 5 heteroatoms. The summed E-state index contributed by atoms with van der Waals surface area (Å²) in [5, 5.41) is 9.35. The summed E-state index contributed by atoms with van der Waals surface area (Å²) in [5.74, 6) is 0.0579. The normalized spacial score (nSPS) is 9.65. The van der Waals surface area contributed by atoms with Gasteiger partial charge >= 0.3 is 5.97 Å². The number of nitriles is 1. The van der Waals surface area contributed by atoms with E-state index in [0.29, 0.717) is 21.9 Å². The van der Waals surface area contributed by atoms with E-state index >= 15 is 0 Å². The van der Waals surface area contributed by atoms with E-state index in [-0.39, 0.29) is 5.75 Å². The van der Waals surface area contributed by atoms with Crippen LogP contribution >= 0.6 is 11.6 Å². The Kier molecular flexibility index (Phi) is 4.24. The van der Waals surface area contributed by atoms with E-state index in [9.17, 15) is 4.79 Å². The van der Waals surface area contributed by atoms with Gasteiger partial charge in [-0.05, 0) is 36.4 Å². The molecule has 4 nitrogen and oxygen atoms in total. The molecule has 0 aliphatic rings. The van der Waals surface area contributed by atoms with Gasteiger partial charge in [-0.2, -0.15) is 5.26 Å². The number of rotatable bonds is 3. The Hall–Kier alpha value is -2.51. The van der Waals surface area contributed by atoms with Crippen LogP contribution in [-0.2, 0) is 0 Å². The number of halogens is 1. The SMILES string of the molecule is COc1cc(C#N)ccc1OC(=O)c1ccc(Cl)cc1. The summed E-state index contributed by atoms with van der Waals surface area (Å²) >= 11 is 5.75. The first-order chi connectivity index (χ1) is 9.63. The number of carbonyl (C=O) groups is 1. The number of carbonyl (C=O) groups excluding carboxylic acids is 1. The molecular formula is C15H10ClNO3. The number of ether oxygens (including phenoxy) is 2. The van der Waals surface area contributed by atoms with Crippen LogP contribution in [0.3, 0.4) is 0 Å². The summed E-state index contributed by atoms with van der Waals surface area (Å²) in [6, 6.07) is 12.9. The molecule has 0 heterocycles. The lowest BCUT2D eigenvalue weighted by molar-refractivity contribution is 0.0729. The summed E-state index contributed by atoms with van der Waals surface area (Å²) < 4.78 is 10.3. The standard InChI is InChI=1S/C15H10ClNO3/c1-19-14-8-10(9-17)2-7-13(14)20-15(18)11-3-5-12(16)6-4-11/h2-8H,1H3. The first kappa shape index (κ1) is 13.9. The zero-order chi connectivity index (χ0) is 14.5. The van der Waals surface area contributed by atoms with Crippen LogP contribution in [0, 0.1) is 11.3 Å². The van der Waals surface area contributed by atoms with Crippen molar-refractivity contribution in [3.63, 3.8) is 0 Å². The lowest BCUT2D eigenvalue weighted by Gasteiger charge is -2.09. The van der Waals surface area contributed by atoms with Gasteiger partial charge in [0, 0.05) is 11.1 Å².